The summed E-state index contributed by atoms with van der Waals surface area (Å²) in [7, 11) is 1.55. The number of carbonyl (C=O) groups is 1. The molecule has 146 valence electrons. The Morgan fingerprint density at radius 3 is 2.57 bits per heavy atom. The number of ether oxygens (including phenoxy) is 2. The lowest BCUT2D eigenvalue weighted by Crippen LogP contribution is -2.12. The first kappa shape index (κ1) is 19.8. The molecule has 0 atom stereocenters. The fourth-order valence-corrected chi connectivity index (χ4v) is 3.43. The quantitative estimate of drug-likeness (QED) is 0.533. The Morgan fingerprint density at radius 2 is 1.93 bits per heavy atom. The van der Waals surface area contributed by atoms with Crippen molar-refractivity contribution in [2.45, 2.75) is 19.5 Å². The molecule has 0 saturated carbocycles. The molecule has 1 N–H and O–H groups in total. The monoisotopic (exact) mass is 403 g/mol. The molecule has 0 saturated heterocycles. The lowest BCUT2D eigenvalue weighted by molar-refractivity contribution is -0.116. The zero-order valence-corrected chi connectivity index (χ0v) is 16.0. The maximum absolute atomic E-state index is 12.8. The molecule has 4 nitrogen and oxygen atoms in total. The Labute approximate surface area is 165 Å². The molecule has 7 heteroatoms. The van der Waals surface area contributed by atoms with Crippen LogP contribution in [0, 0.1) is 0 Å². The molecule has 1 aromatic heterocycles. The number of thiophene rings is 1. The van der Waals surface area contributed by atoms with Gasteiger partial charge in [0.15, 0.2) is 0 Å². The van der Waals surface area contributed by atoms with Crippen molar-refractivity contribution in [1.82, 2.24) is 0 Å². The van der Waals surface area contributed by atoms with Gasteiger partial charge in [-0.2, -0.15) is 8.78 Å². The number of carbonyl (C=O) groups excluding carboxylic acids is 1. The van der Waals surface area contributed by atoms with E-state index in [0.717, 1.165) is 4.88 Å². The van der Waals surface area contributed by atoms with Crippen molar-refractivity contribution in [3.63, 3.8) is 0 Å². The summed E-state index contributed by atoms with van der Waals surface area (Å²) in [6.45, 7) is -2.94. The highest BCUT2D eigenvalue weighted by atomic mass is 32.1. The molecule has 0 aliphatic heterocycles. The van der Waals surface area contributed by atoms with Gasteiger partial charge in [0.25, 0.3) is 0 Å². The van der Waals surface area contributed by atoms with Crippen LogP contribution in [0.2, 0.25) is 0 Å². The maximum Gasteiger partial charge on any atom is 0.387 e. The van der Waals surface area contributed by atoms with E-state index in [2.05, 4.69) is 10.1 Å². The van der Waals surface area contributed by atoms with Crippen LogP contribution in [0.15, 0.2) is 60.0 Å². The highest BCUT2D eigenvalue weighted by molar-refractivity contribution is 7.09. The van der Waals surface area contributed by atoms with E-state index in [4.69, 9.17) is 4.74 Å². The van der Waals surface area contributed by atoms with Crippen LogP contribution in [-0.2, 0) is 11.2 Å². The molecule has 28 heavy (non-hydrogen) atoms. The Kier molecular flexibility index (Phi) is 6.60. The van der Waals surface area contributed by atoms with Crippen LogP contribution in [0.5, 0.6) is 11.5 Å². The van der Waals surface area contributed by atoms with Crippen molar-refractivity contribution in [2.24, 2.45) is 0 Å². The number of amides is 1. The SMILES string of the molecule is COc1ccc(-c2cc(NC(=O)CCc3cccs3)ccc2OC(F)F)cc1. The van der Waals surface area contributed by atoms with E-state index in [0.29, 0.717) is 35.4 Å². The van der Waals surface area contributed by atoms with Gasteiger partial charge in [-0.15, -0.1) is 11.3 Å². The minimum Gasteiger partial charge on any atom is -0.497 e. The van der Waals surface area contributed by atoms with Crippen molar-refractivity contribution in [2.75, 3.05) is 12.4 Å². The molecule has 3 rings (SSSR count). The first-order chi connectivity index (χ1) is 13.5. The van der Waals surface area contributed by atoms with Crippen LogP contribution in [0.1, 0.15) is 11.3 Å². The normalized spacial score (nSPS) is 10.7. The van der Waals surface area contributed by atoms with Gasteiger partial charge in [-0.1, -0.05) is 18.2 Å². The Bertz CT molecular complexity index is 912. The number of rotatable bonds is 8. The number of alkyl halides is 2. The molecule has 1 amide bonds. The first-order valence-electron chi connectivity index (χ1n) is 8.60. The standard InChI is InChI=1S/C21H19F2NO3S/c1-26-16-7-4-14(5-8-16)18-13-15(6-10-19(18)27-21(22)23)24-20(25)11-9-17-3-2-12-28-17/h2-8,10,12-13,21H,9,11H2,1H3,(H,24,25). The van der Waals surface area contributed by atoms with Gasteiger partial charge in [0.1, 0.15) is 11.5 Å². The highest BCUT2D eigenvalue weighted by Crippen LogP contribution is 2.34. The lowest BCUT2D eigenvalue weighted by atomic mass is 10.0. The molecule has 3 aromatic rings. The summed E-state index contributed by atoms with van der Waals surface area (Å²) in [5, 5.41) is 4.78. The second-order valence-corrected chi connectivity index (χ2v) is 6.98. The predicted molar refractivity (Wildman–Crippen MR) is 106 cm³/mol. The van der Waals surface area contributed by atoms with Crippen molar-refractivity contribution in [1.29, 1.82) is 0 Å². The van der Waals surface area contributed by atoms with Crippen LogP contribution in [-0.4, -0.2) is 19.6 Å². The van der Waals surface area contributed by atoms with E-state index in [1.54, 1.807) is 54.8 Å². The molecular weight excluding hydrogens is 384 g/mol. The van der Waals surface area contributed by atoms with Crippen LogP contribution in [0.3, 0.4) is 0 Å². The van der Waals surface area contributed by atoms with E-state index in [-0.39, 0.29) is 11.7 Å². The topological polar surface area (TPSA) is 47.6 Å². The zero-order chi connectivity index (χ0) is 19.9. The highest BCUT2D eigenvalue weighted by Gasteiger charge is 2.14. The number of halogens is 2. The van der Waals surface area contributed by atoms with Crippen molar-refractivity contribution in [3.05, 3.63) is 64.9 Å². The van der Waals surface area contributed by atoms with E-state index in [9.17, 15) is 13.6 Å². The third-order valence-electron chi connectivity index (χ3n) is 4.06. The van der Waals surface area contributed by atoms with Crippen LogP contribution in [0.4, 0.5) is 14.5 Å². The number of methoxy groups -OCH3 is 1. The van der Waals surface area contributed by atoms with Crippen molar-refractivity contribution >= 4 is 22.9 Å². The summed E-state index contributed by atoms with van der Waals surface area (Å²) in [5.74, 6) is 0.548. The third kappa shape index (κ3) is 5.29. The number of hydrogen-bond acceptors (Lipinski definition) is 4. The smallest absolute Gasteiger partial charge is 0.387 e. The van der Waals surface area contributed by atoms with Gasteiger partial charge in [0.05, 0.1) is 7.11 Å². The van der Waals surface area contributed by atoms with E-state index >= 15 is 0 Å². The molecule has 0 radical (unpaired) electrons. The molecule has 0 fully saturated rings. The van der Waals surface area contributed by atoms with Crippen LogP contribution < -0.4 is 14.8 Å². The largest absolute Gasteiger partial charge is 0.497 e. The van der Waals surface area contributed by atoms with Gasteiger partial charge < -0.3 is 14.8 Å². The van der Waals surface area contributed by atoms with E-state index in [1.807, 2.05) is 17.5 Å². The molecule has 0 bridgehead atoms. The Hall–Kier alpha value is -2.93. The summed E-state index contributed by atoms with van der Waals surface area (Å²) < 4.78 is 35.3. The van der Waals surface area contributed by atoms with E-state index in [1.165, 1.54) is 6.07 Å². The fraction of sp³-hybridized carbons (Fsp3) is 0.190. The van der Waals surface area contributed by atoms with Gasteiger partial charge in [-0.25, -0.2) is 0 Å². The van der Waals surface area contributed by atoms with Crippen molar-refractivity contribution in [3.8, 4) is 22.6 Å². The molecule has 0 unspecified atom stereocenters. The van der Waals surface area contributed by atoms with Gasteiger partial charge in [-0.3, -0.25) is 4.79 Å². The first-order valence-corrected chi connectivity index (χ1v) is 9.48. The predicted octanol–water partition coefficient (Wildman–Crippen LogP) is 5.60. The number of nitrogens with one attached hydrogen (secondary N) is 1. The summed E-state index contributed by atoms with van der Waals surface area (Å²) in [4.78, 5) is 13.4. The summed E-state index contributed by atoms with van der Waals surface area (Å²) >= 11 is 1.60. The molecular formula is C21H19F2NO3S. The average Bonchev–Trinajstić information content (AvgIpc) is 3.21. The molecule has 0 spiro atoms. The maximum atomic E-state index is 12.8. The van der Waals surface area contributed by atoms with Gasteiger partial charge >= 0.3 is 6.61 Å². The molecule has 0 aliphatic rings. The van der Waals surface area contributed by atoms with Crippen LogP contribution in [0.25, 0.3) is 11.1 Å². The minimum atomic E-state index is -2.94. The van der Waals surface area contributed by atoms with Crippen LogP contribution >= 0.6 is 11.3 Å². The van der Waals surface area contributed by atoms with Gasteiger partial charge in [0.2, 0.25) is 5.91 Å². The Morgan fingerprint density at radius 1 is 1.14 bits per heavy atom. The van der Waals surface area contributed by atoms with E-state index < -0.39 is 6.61 Å². The molecule has 0 aliphatic carbocycles. The lowest BCUT2D eigenvalue weighted by Gasteiger charge is -2.14. The minimum absolute atomic E-state index is 0.0387. The van der Waals surface area contributed by atoms with Gasteiger partial charge in [-0.05, 0) is 53.8 Å². The third-order valence-corrected chi connectivity index (χ3v) is 5.00. The molecule has 2 aromatic carbocycles. The zero-order valence-electron chi connectivity index (χ0n) is 15.2. The Balaban J connectivity index is 1.79. The number of anilines is 1. The number of hydrogen-bond donors (Lipinski definition) is 1. The number of benzene rings is 2. The summed E-state index contributed by atoms with van der Waals surface area (Å²) in [6.07, 6.45) is 0.995. The number of aryl methyl sites for hydroxylation is 1. The van der Waals surface area contributed by atoms with Crippen molar-refractivity contribution < 1.29 is 23.0 Å². The summed E-state index contributed by atoms with van der Waals surface area (Å²) in [6, 6.07) is 15.5. The fourth-order valence-electron chi connectivity index (χ4n) is 2.72. The second-order valence-electron chi connectivity index (χ2n) is 5.95. The second kappa shape index (κ2) is 9.32. The molecule has 1 heterocycles. The van der Waals surface area contributed by atoms with Gasteiger partial charge in [0, 0.05) is 22.5 Å². The average molecular weight is 403 g/mol. The summed E-state index contributed by atoms with van der Waals surface area (Å²) in [5.41, 5.74) is 1.65.